The highest BCUT2D eigenvalue weighted by molar-refractivity contribution is 6.01. The van der Waals surface area contributed by atoms with Gasteiger partial charge in [0.05, 0.1) is 0 Å². The van der Waals surface area contributed by atoms with Crippen LogP contribution in [0.3, 0.4) is 0 Å². The zero-order valence-electron chi connectivity index (χ0n) is 15.3. The van der Waals surface area contributed by atoms with Crippen LogP contribution in [0.5, 0.6) is 0 Å². The zero-order valence-corrected chi connectivity index (χ0v) is 15.3. The van der Waals surface area contributed by atoms with Gasteiger partial charge in [0.1, 0.15) is 12.8 Å². The van der Waals surface area contributed by atoms with Crippen LogP contribution in [0, 0.1) is 5.92 Å². The second kappa shape index (κ2) is 9.56. The summed E-state index contributed by atoms with van der Waals surface area (Å²) in [4.78, 5) is 51.7. The van der Waals surface area contributed by atoms with Crippen LogP contribution >= 0.6 is 0 Å². The number of carbonyl (C=O) groups excluding carboxylic acids is 4. The van der Waals surface area contributed by atoms with Gasteiger partial charge in [0.25, 0.3) is 11.8 Å². The van der Waals surface area contributed by atoms with E-state index in [2.05, 4.69) is 10.6 Å². The first-order valence-corrected chi connectivity index (χ1v) is 8.66. The first-order chi connectivity index (χ1) is 12.8. The molecule has 1 aromatic rings. The molecule has 9 nitrogen and oxygen atoms in total. The third kappa shape index (κ3) is 6.61. The molecule has 0 saturated carbocycles. The van der Waals surface area contributed by atoms with E-state index in [0.717, 1.165) is 5.56 Å². The minimum absolute atomic E-state index is 0.00555. The van der Waals surface area contributed by atoms with Gasteiger partial charge in [-0.2, -0.15) is 0 Å². The van der Waals surface area contributed by atoms with Gasteiger partial charge >= 0.3 is 12.2 Å². The Morgan fingerprint density at radius 2 is 1.63 bits per heavy atom. The Labute approximate surface area is 156 Å². The molecule has 1 aliphatic heterocycles. The largest absolute Gasteiger partial charge is 0.445 e. The van der Waals surface area contributed by atoms with Crippen molar-refractivity contribution in [3.8, 4) is 0 Å². The monoisotopic (exact) mass is 377 g/mol. The first kappa shape index (κ1) is 20.2. The van der Waals surface area contributed by atoms with Crippen LogP contribution in [0.2, 0.25) is 0 Å². The maximum atomic E-state index is 12.0. The summed E-state index contributed by atoms with van der Waals surface area (Å²) < 4.78 is 5.13. The summed E-state index contributed by atoms with van der Waals surface area (Å²) in [6.07, 6.45) is -2.09. The highest BCUT2D eigenvalue weighted by Gasteiger charge is 2.33. The molecule has 4 amide bonds. The van der Waals surface area contributed by atoms with Gasteiger partial charge in [-0.1, -0.05) is 44.2 Å². The van der Waals surface area contributed by atoms with Crippen molar-refractivity contribution in [1.29, 1.82) is 0 Å². The van der Waals surface area contributed by atoms with Crippen molar-refractivity contribution >= 4 is 24.0 Å². The van der Waals surface area contributed by atoms with Gasteiger partial charge in [0.2, 0.25) is 0 Å². The summed E-state index contributed by atoms with van der Waals surface area (Å²) in [7, 11) is 0. The molecular formula is C18H23N3O6. The summed E-state index contributed by atoms with van der Waals surface area (Å²) >= 11 is 0. The van der Waals surface area contributed by atoms with E-state index in [0.29, 0.717) is 11.5 Å². The highest BCUT2D eigenvalue weighted by atomic mass is 16.7. The Hall–Kier alpha value is -3.10. The topological polar surface area (TPSA) is 114 Å². The number of ether oxygens (including phenoxy) is 1. The van der Waals surface area contributed by atoms with Crippen molar-refractivity contribution in [3.05, 3.63) is 35.9 Å². The van der Waals surface area contributed by atoms with Crippen LogP contribution in [0.25, 0.3) is 0 Å². The van der Waals surface area contributed by atoms with Gasteiger partial charge in [-0.05, 0) is 17.9 Å². The van der Waals surface area contributed by atoms with E-state index in [-0.39, 0.29) is 25.4 Å². The third-order valence-electron chi connectivity index (χ3n) is 3.68. The lowest BCUT2D eigenvalue weighted by Crippen LogP contribution is -2.50. The molecule has 1 saturated heterocycles. The molecule has 2 N–H and O–H groups in total. The van der Waals surface area contributed by atoms with Crippen molar-refractivity contribution < 1.29 is 28.8 Å². The SMILES string of the molecule is CC(C)C[C@@H](NC(=O)OCc1ccccc1)NC(=O)ON1C(=O)CCC1=O. The number of amides is 4. The van der Waals surface area contributed by atoms with Gasteiger partial charge in [-0.3, -0.25) is 14.9 Å². The molecular weight excluding hydrogens is 354 g/mol. The average molecular weight is 377 g/mol. The molecule has 1 aromatic carbocycles. The minimum Gasteiger partial charge on any atom is -0.445 e. The van der Waals surface area contributed by atoms with Crippen LogP contribution in [-0.4, -0.2) is 35.2 Å². The number of hydroxylamine groups is 2. The van der Waals surface area contributed by atoms with Crippen molar-refractivity contribution in [2.24, 2.45) is 5.92 Å². The fraction of sp³-hybridized carbons (Fsp3) is 0.444. The van der Waals surface area contributed by atoms with Crippen LogP contribution in [0.1, 0.15) is 38.7 Å². The number of carbonyl (C=O) groups is 4. The number of hydrogen-bond acceptors (Lipinski definition) is 6. The first-order valence-electron chi connectivity index (χ1n) is 8.66. The quantitative estimate of drug-likeness (QED) is 0.555. The fourth-order valence-corrected chi connectivity index (χ4v) is 2.44. The third-order valence-corrected chi connectivity index (χ3v) is 3.68. The predicted octanol–water partition coefficient (Wildman–Crippen LogP) is 2.08. The molecule has 0 radical (unpaired) electrons. The summed E-state index contributed by atoms with van der Waals surface area (Å²) in [5.74, 6) is -1.02. The number of benzene rings is 1. The predicted molar refractivity (Wildman–Crippen MR) is 93.7 cm³/mol. The van der Waals surface area contributed by atoms with Gasteiger partial charge in [-0.25, -0.2) is 9.59 Å². The highest BCUT2D eigenvalue weighted by Crippen LogP contribution is 2.12. The molecule has 9 heteroatoms. The van der Waals surface area contributed by atoms with Crippen molar-refractivity contribution in [2.75, 3.05) is 0 Å². The van der Waals surface area contributed by atoms with Crippen molar-refractivity contribution in [1.82, 2.24) is 15.7 Å². The number of rotatable bonds is 7. The maximum absolute atomic E-state index is 12.0. The fourth-order valence-electron chi connectivity index (χ4n) is 2.44. The normalized spacial score (nSPS) is 14.9. The summed E-state index contributed by atoms with van der Waals surface area (Å²) in [5.41, 5.74) is 0.825. The second-order valence-electron chi connectivity index (χ2n) is 6.49. The lowest BCUT2D eigenvalue weighted by atomic mass is 10.1. The molecule has 1 heterocycles. The number of alkyl carbamates (subject to hydrolysis) is 1. The molecule has 1 aliphatic rings. The van der Waals surface area contributed by atoms with Crippen molar-refractivity contribution in [3.63, 3.8) is 0 Å². The van der Waals surface area contributed by atoms with Crippen molar-refractivity contribution in [2.45, 2.75) is 45.9 Å². The minimum atomic E-state index is -1.01. The van der Waals surface area contributed by atoms with E-state index >= 15 is 0 Å². The Kier molecular flexibility index (Phi) is 7.16. The zero-order chi connectivity index (χ0) is 19.8. The second-order valence-corrected chi connectivity index (χ2v) is 6.49. The molecule has 0 bridgehead atoms. The van der Waals surface area contributed by atoms with E-state index in [4.69, 9.17) is 9.57 Å². The number of nitrogens with zero attached hydrogens (tertiary/aromatic N) is 1. The van der Waals surface area contributed by atoms with Crippen LogP contribution < -0.4 is 10.6 Å². The standard InChI is InChI=1S/C18H23N3O6/c1-12(2)10-14(19-17(24)26-11-13-6-4-3-5-7-13)20-18(25)27-21-15(22)8-9-16(21)23/h3-7,12,14H,8-11H2,1-2H3,(H,19,24)(H,20,25)/t14-/m0/s1. The molecule has 1 fully saturated rings. The Morgan fingerprint density at radius 3 is 2.22 bits per heavy atom. The molecule has 0 unspecified atom stereocenters. The van der Waals surface area contributed by atoms with E-state index in [9.17, 15) is 19.2 Å². The smallest absolute Gasteiger partial charge is 0.433 e. The Balaban J connectivity index is 1.86. The van der Waals surface area contributed by atoms with Crippen LogP contribution in [0.4, 0.5) is 9.59 Å². The molecule has 2 rings (SSSR count). The average Bonchev–Trinajstić information content (AvgIpc) is 2.92. The summed E-state index contributed by atoms with van der Waals surface area (Å²) in [6, 6.07) is 9.15. The van der Waals surface area contributed by atoms with Gasteiger partial charge < -0.3 is 14.9 Å². The lowest BCUT2D eigenvalue weighted by molar-refractivity contribution is -0.171. The molecule has 27 heavy (non-hydrogen) atoms. The van der Waals surface area contributed by atoms with Gasteiger partial charge in [0, 0.05) is 12.8 Å². The molecule has 1 atom stereocenters. The van der Waals surface area contributed by atoms with Gasteiger partial charge in [-0.15, -0.1) is 5.06 Å². The lowest BCUT2D eigenvalue weighted by Gasteiger charge is -2.22. The Morgan fingerprint density at radius 1 is 1.04 bits per heavy atom. The van der Waals surface area contributed by atoms with Crippen LogP contribution in [0.15, 0.2) is 30.3 Å². The van der Waals surface area contributed by atoms with E-state index in [1.165, 1.54) is 0 Å². The number of nitrogens with one attached hydrogen (secondary N) is 2. The maximum Gasteiger partial charge on any atom is 0.433 e. The number of hydrogen-bond donors (Lipinski definition) is 2. The van der Waals surface area contributed by atoms with E-state index < -0.39 is 30.2 Å². The van der Waals surface area contributed by atoms with E-state index in [1.807, 2.05) is 44.2 Å². The molecule has 0 aromatic heterocycles. The molecule has 146 valence electrons. The van der Waals surface area contributed by atoms with E-state index in [1.54, 1.807) is 0 Å². The van der Waals surface area contributed by atoms with Gasteiger partial charge in [0.15, 0.2) is 0 Å². The summed E-state index contributed by atoms with van der Waals surface area (Å²) in [5, 5.41) is 5.40. The molecule has 0 aliphatic carbocycles. The Bertz CT molecular complexity index is 676. The van der Waals surface area contributed by atoms with Crippen LogP contribution in [-0.2, 0) is 25.8 Å². The molecule has 0 spiro atoms. The summed E-state index contributed by atoms with van der Waals surface area (Å²) in [6.45, 7) is 3.90. The number of imide groups is 1.